The number of nitrogens with zero attached hydrogens (tertiary/aromatic N) is 2. The lowest BCUT2D eigenvalue weighted by Crippen LogP contribution is -2.77. The fraction of sp³-hybridized carbons (Fsp3) is 0.182. The lowest BCUT2D eigenvalue weighted by molar-refractivity contribution is -0.592. The van der Waals surface area contributed by atoms with Gasteiger partial charge in [-0.1, -0.05) is 11.6 Å². The van der Waals surface area contributed by atoms with Gasteiger partial charge >= 0.3 is 12.4 Å². The van der Waals surface area contributed by atoms with Crippen molar-refractivity contribution in [3.05, 3.63) is 81.8 Å². The molecule has 35 heavy (non-hydrogen) atoms. The van der Waals surface area contributed by atoms with Crippen molar-refractivity contribution in [2.75, 3.05) is 5.32 Å². The van der Waals surface area contributed by atoms with E-state index in [0.29, 0.717) is 5.56 Å². The van der Waals surface area contributed by atoms with Crippen molar-refractivity contribution >= 4 is 34.7 Å². The van der Waals surface area contributed by atoms with Gasteiger partial charge in [0, 0.05) is 29.4 Å². The van der Waals surface area contributed by atoms with E-state index in [9.17, 15) is 31.1 Å². The summed E-state index contributed by atoms with van der Waals surface area (Å²) in [5, 5.41) is 11.9. The van der Waals surface area contributed by atoms with Gasteiger partial charge in [0.1, 0.15) is 12.2 Å². The van der Waals surface area contributed by atoms with E-state index >= 15 is 0 Å². The highest BCUT2D eigenvalue weighted by molar-refractivity contribution is 6.38. The summed E-state index contributed by atoms with van der Waals surface area (Å²) in [5.41, 5.74) is -1.36. The number of aromatic nitrogens is 2. The van der Waals surface area contributed by atoms with Gasteiger partial charge in [-0.05, 0) is 43.3 Å². The number of quaternary nitrogens is 1. The molecule has 2 heterocycles. The third-order valence-corrected chi connectivity index (χ3v) is 5.17. The SMILES string of the molecule is CC(=N)c1c([NH2+]Cc2ccc(C(F)(F)F)nc2)ncc(C(=O)Nc2ccc(C(F)(F)F)cc2)c1Cl. The molecule has 13 heteroatoms. The smallest absolute Gasteiger partial charge is 0.322 e. The number of halogens is 7. The quantitative estimate of drug-likeness (QED) is 0.310. The van der Waals surface area contributed by atoms with Gasteiger partial charge in [0.2, 0.25) is 5.82 Å². The Labute approximate surface area is 199 Å². The third-order valence-electron chi connectivity index (χ3n) is 4.78. The van der Waals surface area contributed by atoms with E-state index in [4.69, 9.17) is 17.0 Å². The average Bonchev–Trinajstić information content (AvgIpc) is 2.76. The Bertz CT molecular complexity index is 1240. The zero-order valence-electron chi connectivity index (χ0n) is 17.9. The number of carbonyl (C=O) groups is 1. The van der Waals surface area contributed by atoms with Crippen LogP contribution in [0.3, 0.4) is 0 Å². The molecule has 0 unspecified atom stereocenters. The summed E-state index contributed by atoms with van der Waals surface area (Å²) in [4.78, 5) is 20.2. The molecular weight excluding hydrogens is 500 g/mol. The number of alkyl halides is 6. The maximum Gasteiger partial charge on any atom is 0.433 e. The topological polar surface area (TPSA) is 95.3 Å². The van der Waals surface area contributed by atoms with Crippen LogP contribution in [0.15, 0.2) is 48.8 Å². The minimum atomic E-state index is -4.56. The molecule has 0 aliphatic heterocycles. The molecule has 184 valence electrons. The number of carbonyl (C=O) groups excluding carboxylic acids is 1. The summed E-state index contributed by atoms with van der Waals surface area (Å²) in [6.07, 6.45) is -6.86. The van der Waals surface area contributed by atoms with Gasteiger partial charge < -0.3 is 10.7 Å². The van der Waals surface area contributed by atoms with Crippen LogP contribution in [-0.2, 0) is 18.9 Å². The van der Waals surface area contributed by atoms with Gasteiger partial charge in [0.05, 0.1) is 21.7 Å². The van der Waals surface area contributed by atoms with Crippen LogP contribution >= 0.6 is 11.6 Å². The molecule has 0 atom stereocenters. The van der Waals surface area contributed by atoms with E-state index in [-0.39, 0.29) is 39.9 Å². The fourth-order valence-corrected chi connectivity index (χ4v) is 3.41. The lowest BCUT2D eigenvalue weighted by Gasteiger charge is -2.13. The van der Waals surface area contributed by atoms with Crippen LogP contribution < -0.4 is 10.6 Å². The van der Waals surface area contributed by atoms with Crippen LogP contribution in [0, 0.1) is 5.41 Å². The summed E-state index contributed by atoms with van der Waals surface area (Å²) in [6.45, 7) is 1.54. The van der Waals surface area contributed by atoms with E-state index in [1.165, 1.54) is 18.3 Å². The first-order valence-corrected chi connectivity index (χ1v) is 10.2. The Morgan fingerprint density at radius 2 is 1.66 bits per heavy atom. The van der Waals surface area contributed by atoms with Crippen LogP contribution in [0.25, 0.3) is 0 Å². The second-order valence-electron chi connectivity index (χ2n) is 7.36. The van der Waals surface area contributed by atoms with Crippen molar-refractivity contribution in [1.82, 2.24) is 9.97 Å². The van der Waals surface area contributed by atoms with E-state index in [1.807, 2.05) is 0 Å². The molecule has 1 amide bonds. The second-order valence-corrected chi connectivity index (χ2v) is 7.74. The minimum absolute atomic E-state index is 0.0246. The number of hydrogen-bond donors (Lipinski definition) is 3. The van der Waals surface area contributed by atoms with Gasteiger partial charge in [-0.2, -0.15) is 26.3 Å². The Morgan fingerprint density at radius 3 is 2.17 bits per heavy atom. The monoisotopic (exact) mass is 516 g/mol. The number of nitrogens with one attached hydrogen (secondary N) is 2. The molecule has 3 aromatic rings. The number of hydrogen-bond acceptors (Lipinski definition) is 4. The summed E-state index contributed by atoms with van der Waals surface area (Å²) in [6, 6.07) is 5.92. The molecule has 0 saturated carbocycles. The number of benzene rings is 1. The van der Waals surface area contributed by atoms with Crippen molar-refractivity contribution in [3.63, 3.8) is 0 Å². The summed E-state index contributed by atoms with van der Waals surface area (Å²) in [5.74, 6) is -0.517. The van der Waals surface area contributed by atoms with Gasteiger partial charge in [-0.15, -0.1) is 0 Å². The first-order chi connectivity index (χ1) is 16.3. The molecule has 0 bridgehead atoms. The van der Waals surface area contributed by atoms with Crippen LogP contribution in [0.1, 0.15) is 39.7 Å². The highest BCUT2D eigenvalue weighted by Crippen LogP contribution is 2.31. The normalized spacial score (nSPS) is 11.9. The largest absolute Gasteiger partial charge is 0.433 e. The highest BCUT2D eigenvalue weighted by Gasteiger charge is 2.32. The molecule has 0 saturated heterocycles. The summed E-state index contributed by atoms with van der Waals surface area (Å²) in [7, 11) is 0. The Morgan fingerprint density at radius 1 is 1.00 bits per heavy atom. The Balaban J connectivity index is 1.78. The molecular formula is C22H17ClF6N5O+. The van der Waals surface area contributed by atoms with Crippen LogP contribution in [0.5, 0.6) is 0 Å². The molecule has 0 radical (unpaired) electrons. The molecule has 1 aromatic carbocycles. The van der Waals surface area contributed by atoms with E-state index in [0.717, 1.165) is 42.7 Å². The lowest BCUT2D eigenvalue weighted by atomic mass is 10.1. The second kappa shape index (κ2) is 10.0. The van der Waals surface area contributed by atoms with Crippen LogP contribution in [0.2, 0.25) is 5.02 Å². The molecule has 3 rings (SSSR count). The highest BCUT2D eigenvalue weighted by atomic mass is 35.5. The van der Waals surface area contributed by atoms with Crippen molar-refractivity contribution < 1.29 is 36.5 Å². The minimum Gasteiger partial charge on any atom is -0.322 e. The van der Waals surface area contributed by atoms with Crippen molar-refractivity contribution in [1.29, 1.82) is 5.41 Å². The van der Waals surface area contributed by atoms with E-state index in [2.05, 4.69) is 15.3 Å². The summed E-state index contributed by atoms with van der Waals surface area (Å²) >= 11 is 6.36. The van der Waals surface area contributed by atoms with E-state index in [1.54, 1.807) is 0 Å². The van der Waals surface area contributed by atoms with E-state index < -0.39 is 29.5 Å². The van der Waals surface area contributed by atoms with Crippen LogP contribution in [0.4, 0.5) is 37.8 Å². The predicted octanol–water partition coefficient (Wildman–Crippen LogP) is 5.20. The molecule has 0 aliphatic rings. The predicted molar refractivity (Wildman–Crippen MR) is 116 cm³/mol. The number of amides is 1. The van der Waals surface area contributed by atoms with Crippen LogP contribution in [-0.4, -0.2) is 21.6 Å². The maximum absolute atomic E-state index is 12.7. The number of pyridine rings is 2. The molecule has 0 aliphatic carbocycles. The molecule has 2 aromatic heterocycles. The maximum atomic E-state index is 12.7. The van der Waals surface area contributed by atoms with Gasteiger partial charge in [0.25, 0.3) is 5.91 Å². The zero-order chi connectivity index (χ0) is 26.0. The van der Waals surface area contributed by atoms with Crippen molar-refractivity contribution in [2.45, 2.75) is 25.8 Å². The molecule has 6 nitrogen and oxygen atoms in total. The number of anilines is 1. The first kappa shape index (κ1) is 26.1. The standard InChI is InChI=1S/C22H16ClF6N5O/c1-11(30)17-18(23)15(20(35)34-14-5-3-13(4-6-14)21(24,25)26)10-33-19(17)32-9-12-2-7-16(31-8-12)22(27,28)29/h2-8,10,30H,9H2,1H3,(H,32,33)(H,34,35)/p+1. The van der Waals surface area contributed by atoms with Gasteiger partial charge in [-0.25, -0.2) is 4.98 Å². The molecule has 0 fully saturated rings. The zero-order valence-corrected chi connectivity index (χ0v) is 18.6. The number of rotatable bonds is 6. The summed E-state index contributed by atoms with van der Waals surface area (Å²) < 4.78 is 76.1. The molecule has 4 N–H and O–H groups in total. The number of nitrogens with two attached hydrogens (primary N) is 1. The van der Waals surface area contributed by atoms with Gasteiger partial charge in [-0.3, -0.25) is 15.1 Å². The van der Waals surface area contributed by atoms with Crippen molar-refractivity contribution in [3.8, 4) is 0 Å². The third kappa shape index (κ3) is 6.34. The van der Waals surface area contributed by atoms with Gasteiger partial charge in [0.15, 0.2) is 0 Å². The fourth-order valence-electron chi connectivity index (χ4n) is 3.04. The Hall–Kier alpha value is -3.51. The Kier molecular flexibility index (Phi) is 7.46. The average molecular weight is 517 g/mol. The molecule has 0 spiro atoms. The van der Waals surface area contributed by atoms with Crippen molar-refractivity contribution in [2.24, 2.45) is 0 Å². The first-order valence-electron chi connectivity index (χ1n) is 9.85.